The van der Waals surface area contributed by atoms with E-state index in [9.17, 15) is 14.4 Å². The summed E-state index contributed by atoms with van der Waals surface area (Å²) < 4.78 is 0. The molecule has 8 nitrogen and oxygen atoms in total. The van der Waals surface area contributed by atoms with Crippen LogP contribution in [-0.4, -0.2) is 66.7 Å². The summed E-state index contributed by atoms with van der Waals surface area (Å²) in [4.78, 5) is 36.3. The van der Waals surface area contributed by atoms with Crippen LogP contribution in [0.4, 0.5) is 11.4 Å². The molecule has 0 atom stereocenters. The Morgan fingerprint density at radius 2 is 1.55 bits per heavy atom. The Kier molecular flexibility index (Phi) is 6.33. The molecule has 0 aromatic heterocycles. The standard InChI is InChI=1S/C14H19N3O5/c1-16(2)11-6-4-3-5-10(11)15-12(18)7-17(8-13(19)20)9-14(21)22/h3-6H,7-9H2,1-2H3,(H,15,18)(H,19,20)(H,21,22). The normalized spacial score (nSPS) is 10.3. The van der Waals surface area contributed by atoms with E-state index in [1.54, 1.807) is 12.1 Å². The van der Waals surface area contributed by atoms with Gasteiger partial charge in [0.1, 0.15) is 0 Å². The number of aliphatic carboxylic acids is 2. The average Bonchev–Trinajstić information content (AvgIpc) is 2.36. The van der Waals surface area contributed by atoms with E-state index in [1.807, 2.05) is 31.1 Å². The van der Waals surface area contributed by atoms with E-state index in [1.165, 1.54) is 0 Å². The predicted octanol–water partition coefficient (Wildman–Crippen LogP) is 0.162. The smallest absolute Gasteiger partial charge is 0.317 e. The first-order valence-electron chi connectivity index (χ1n) is 6.51. The van der Waals surface area contributed by atoms with Crippen LogP contribution in [0.3, 0.4) is 0 Å². The van der Waals surface area contributed by atoms with Crippen molar-refractivity contribution < 1.29 is 24.6 Å². The van der Waals surface area contributed by atoms with Gasteiger partial charge in [-0.15, -0.1) is 0 Å². The van der Waals surface area contributed by atoms with Crippen molar-refractivity contribution in [2.75, 3.05) is 43.9 Å². The minimum atomic E-state index is -1.19. The summed E-state index contributed by atoms with van der Waals surface area (Å²) in [6.45, 7) is -1.36. The number of nitrogens with zero attached hydrogens (tertiary/aromatic N) is 2. The third-order valence-electron chi connectivity index (χ3n) is 2.74. The molecule has 1 aromatic rings. The van der Waals surface area contributed by atoms with Crippen LogP contribution >= 0.6 is 0 Å². The second kappa shape index (κ2) is 7.99. The largest absolute Gasteiger partial charge is 0.480 e. The highest BCUT2D eigenvalue weighted by Gasteiger charge is 2.17. The zero-order valence-electron chi connectivity index (χ0n) is 12.4. The number of para-hydroxylation sites is 2. The predicted molar refractivity (Wildman–Crippen MR) is 81.1 cm³/mol. The van der Waals surface area contributed by atoms with Crippen LogP contribution in [0.15, 0.2) is 24.3 Å². The number of carbonyl (C=O) groups excluding carboxylic acids is 1. The maximum absolute atomic E-state index is 12.0. The third-order valence-corrected chi connectivity index (χ3v) is 2.74. The number of hydrogen-bond acceptors (Lipinski definition) is 5. The number of anilines is 2. The fourth-order valence-corrected chi connectivity index (χ4v) is 1.91. The molecule has 0 radical (unpaired) electrons. The number of carbonyl (C=O) groups is 3. The molecule has 22 heavy (non-hydrogen) atoms. The van der Waals surface area contributed by atoms with Crippen LogP contribution in [-0.2, 0) is 14.4 Å². The van der Waals surface area contributed by atoms with E-state index in [4.69, 9.17) is 10.2 Å². The average molecular weight is 309 g/mol. The maximum atomic E-state index is 12.0. The lowest BCUT2D eigenvalue weighted by atomic mass is 10.2. The summed E-state index contributed by atoms with van der Waals surface area (Å²) in [7, 11) is 3.65. The molecular formula is C14H19N3O5. The van der Waals surface area contributed by atoms with Gasteiger partial charge in [-0.3, -0.25) is 19.3 Å². The molecule has 1 amide bonds. The minimum absolute atomic E-state index is 0.319. The number of carboxylic acids is 2. The molecule has 0 aliphatic rings. The van der Waals surface area contributed by atoms with Crippen molar-refractivity contribution in [2.45, 2.75) is 0 Å². The van der Waals surface area contributed by atoms with Crippen molar-refractivity contribution in [3.8, 4) is 0 Å². The number of carboxylic acid groups (broad SMARTS) is 2. The maximum Gasteiger partial charge on any atom is 0.317 e. The van der Waals surface area contributed by atoms with Gasteiger partial charge in [0.25, 0.3) is 0 Å². The lowest BCUT2D eigenvalue weighted by molar-refractivity contribution is -0.142. The van der Waals surface area contributed by atoms with Crippen LogP contribution in [0.25, 0.3) is 0 Å². The van der Waals surface area contributed by atoms with E-state index in [0.29, 0.717) is 5.69 Å². The fraction of sp³-hybridized carbons (Fsp3) is 0.357. The molecule has 1 rings (SSSR count). The quantitative estimate of drug-likeness (QED) is 0.627. The molecular weight excluding hydrogens is 290 g/mol. The van der Waals surface area contributed by atoms with Crippen LogP contribution in [0.1, 0.15) is 0 Å². The molecule has 0 saturated heterocycles. The zero-order valence-corrected chi connectivity index (χ0v) is 12.4. The van der Waals surface area contributed by atoms with Gasteiger partial charge in [-0.25, -0.2) is 0 Å². The molecule has 1 aromatic carbocycles. The van der Waals surface area contributed by atoms with Gasteiger partial charge in [-0.2, -0.15) is 0 Å². The number of hydrogen-bond donors (Lipinski definition) is 3. The third kappa shape index (κ3) is 5.80. The molecule has 0 aliphatic heterocycles. The van der Waals surface area contributed by atoms with Gasteiger partial charge < -0.3 is 20.4 Å². The van der Waals surface area contributed by atoms with E-state index in [2.05, 4.69) is 5.32 Å². The Bertz CT molecular complexity index is 543. The first kappa shape index (κ1) is 17.4. The van der Waals surface area contributed by atoms with Gasteiger partial charge in [0, 0.05) is 14.1 Å². The van der Waals surface area contributed by atoms with Crippen molar-refractivity contribution in [3.63, 3.8) is 0 Å². The number of amides is 1. The lowest BCUT2D eigenvalue weighted by Gasteiger charge is -2.20. The molecule has 8 heteroatoms. The first-order chi connectivity index (χ1) is 10.3. The van der Waals surface area contributed by atoms with E-state index in [-0.39, 0.29) is 6.54 Å². The second-order valence-corrected chi connectivity index (χ2v) is 4.89. The highest BCUT2D eigenvalue weighted by atomic mass is 16.4. The Balaban J connectivity index is 2.75. The van der Waals surface area contributed by atoms with Crippen molar-refractivity contribution in [1.29, 1.82) is 0 Å². The lowest BCUT2D eigenvalue weighted by Crippen LogP contribution is -2.40. The Hall–Kier alpha value is -2.61. The molecule has 120 valence electrons. The summed E-state index contributed by atoms with van der Waals surface area (Å²) >= 11 is 0. The summed E-state index contributed by atoms with van der Waals surface area (Å²) in [5.74, 6) is -2.86. The van der Waals surface area contributed by atoms with Gasteiger partial charge in [0.15, 0.2) is 0 Å². The van der Waals surface area contributed by atoms with E-state index >= 15 is 0 Å². The van der Waals surface area contributed by atoms with Crippen LogP contribution < -0.4 is 10.2 Å². The Morgan fingerprint density at radius 1 is 1.00 bits per heavy atom. The van der Waals surface area contributed by atoms with Crippen molar-refractivity contribution in [2.24, 2.45) is 0 Å². The van der Waals surface area contributed by atoms with E-state index < -0.39 is 30.9 Å². The topological polar surface area (TPSA) is 110 Å². The molecule has 0 fully saturated rings. The molecule has 0 heterocycles. The summed E-state index contributed by atoms with van der Waals surface area (Å²) in [5.41, 5.74) is 1.36. The highest BCUT2D eigenvalue weighted by molar-refractivity contribution is 5.96. The monoisotopic (exact) mass is 309 g/mol. The number of rotatable bonds is 8. The van der Waals surface area contributed by atoms with Crippen LogP contribution in [0, 0.1) is 0 Å². The Morgan fingerprint density at radius 3 is 2.05 bits per heavy atom. The van der Waals surface area contributed by atoms with Gasteiger partial charge in [-0.05, 0) is 12.1 Å². The molecule has 0 aliphatic carbocycles. The Labute approximate surface area is 127 Å². The summed E-state index contributed by atoms with van der Waals surface area (Å²) in [6.07, 6.45) is 0. The van der Waals surface area contributed by atoms with Crippen molar-refractivity contribution in [1.82, 2.24) is 4.90 Å². The van der Waals surface area contributed by atoms with Gasteiger partial charge in [0.2, 0.25) is 5.91 Å². The molecule has 0 bridgehead atoms. The molecule has 0 spiro atoms. The van der Waals surface area contributed by atoms with Gasteiger partial charge in [0.05, 0.1) is 31.0 Å². The highest BCUT2D eigenvalue weighted by Crippen LogP contribution is 2.23. The number of nitrogens with one attached hydrogen (secondary N) is 1. The van der Waals surface area contributed by atoms with Crippen LogP contribution in [0.2, 0.25) is 0 Å². The summed E-state index contributed by atoms with van der Waals surface area (Å²) in [5, 5.41) is 20.1. The fourth-order valence-electron chi connectivity index (χ4n) is 1.91. The second-order valence-electron chi connectivity index (χ2n) is 4.89. The van der Waals surface area contributed by atoms with E-state index in [0.717, 1.165) is 10.6 Å². The van der Waals surface area contributed by atoms with Gasteiger partial charge in [-0.1, -0.05) is 12.1 Å². The number of benzene rings is 1. The van der Waals surface area contributed by atoms with Gasteiger partial charge >= 0.3 is 11.9 Å². The molecule has 3 N–H and O–H groups in total. The zero-order chi connectivity index (χ0) is 16.7. The molecule has 0 unspecified atom stereocenters. The minimum Gasteiger partial charge on any atom is -0.480 e. The first-order valence-corrected chi connectivity index (χ1v) is 6.51. The van der Waals surface area contributed by atoms with Crippen LogP contribution in [0.5, 0.6) is 0 Å². The molecule has 0 saturated carbocycles. The SMILES string of the molecule is CN(C)c1ccccc1NC(=O)CN(CC(=O)O)CC(=O)O. The summed E-state index contributed by atoms with van der Waals surface area (Å²) in [6, 6.07) is 7.12. The van der Waals surface area contributed by atoms with Crippen molar-refractivity contribution >= 4 is 29.2 Å². The van der Waals surface area contributed by atoms with Crippen molar-refractivity contribution in [3.05, 3.63) is 24.3 Å².